The Hall–Kier alpha value is -2.11. The van der Waals surface area contributed by atoms with Crippen LogP contribution in [0.5, 0.6) is 0 Å². The topological polar surface area (TPSA) is 58.2 Å². The van der Waals surface area contributed by atoms with Crippen molar-refractivity contribution in [3.05, 3.63) is 57.3 Å². The molecule has 0 radical (unpaired) electrons. The number of carbonyl (C=O) groups excluding carboxylic acids is 2. The molecule has 0 aliphatic heterocycles. The molecule has 4 nitrogen and oxygen atoms in total. The largest absolute Gasteiger partial charge is 0.348 e. The van der Waals surface area contributed by atoms with Crippen LogP contribution in [0.25, 0.3) is 6.08 Å². The van der Waals surface area contributed by atoms with Crippen molar-refractivity contribution < 1.29 is 9.59 Å². The number of halogens is 1. The van der Waals surface area contributed by atoms with Gasteiger partial charge in [-0.3, -0.25) is 9.59 Å². The second-order valence-electron chi connectivity index (χ2n) is 4.57. The standard InChI is InChI=1S/C16H15ClN2O2S/c1-11(20)19-13-4-2-3-12(9-13)10-18-16(21)8-6-14-5-7-15(17)22-14/h2-9H,10H2,1H3,(H,18,21)(H,19,20)/b8-6-. The first kappa shape index (κ1) is 16.3. The molecule has 6 heteroatoms. The first-order valence-electron chi connectivity index (χ1n) is 6.61. The van der Waals surface area contributed by atoms with E-state index in [1.165, 1.54) is 24.3 Å². The molecule has 0 spiro atoms. The zero-order chi connectivity index (χ0) is 15.9. The Morgan fingerprint density at radius 1 is 1.27 bits per heavy atom. The summed E-state index contributed by atoms with van der Waals surface area (Å²) in [6.07, 6.45) is 3.19. The highest BCUT2D eigenvalue weighted by molar-refractivity contribution is 7.17. The van der Waals surface area contributed by atoms with Crippen LogP contribution in [0.15, 0.2) is 42.5 Å². The molecule has 1 aromatic heterocycles. The lowest BCUT2D eigenvalue weighted by Crippen LogP contribution is -2.20. The van der Waals surface area contributed by atoms with Crippen LogP contribution in [-0.4, -0.2) is 11.8 Å². The van der Waals surface area contributed by atoms with E-state index in [0.717, 1.165) is 10.4 Å². The van der Waals surface area contributed by atoms with Crippen LogP contribution in [0.1, 0.15) is 17.4 Å². The summed E-state index contributed by atoms with van der Waals surface area (Å²) >= 11 is 7.23. The van der Waals surface area contributed by atoms with E-state index in [-0.39, 0.29) is 11.8 Å². The Kier molecular flexibility index (Phi) is 5.75. The summed E-state index contributed by atoms with van der Waals surface area (Å²) in [5.74, 6) is -0.312. The number of hydrogen-bond acceptors (Lipinski definition) is 3. The Balaban J connectivity index is 1.88. The van der Waals surface area contributed by atoms with Gasteiger partial charge in [0.25, 0.3) is 0 Å². The molecule has 0 fully saturated rings. The van der Waals surface area contributed by atoms with Gasteiger partial charge in [0.2, 0.25) is 11.8 Å². The Labute approximate surface area is 137 Å². The van der Waals surface area contributed by atoms with Crippen LogP contribution in [0.4, 0.5) is 5.69 Å². The molecule has 2 rings (SSSR count). The summed E-state index contributed by atoms with van der Waals surface area (Å²) in [5, 5.41) is 5.49. The van der Waals surface area contributed by atoms with Crippen molar-refractivity contribution in [3.63, 3.8) is 0 Å². The summed E-state index contributed by atoms with van der Waals surface area (Å²) in [7, 11) is 0. The molecule has 0 bridgehead atoms. The minimum absolute atomic E-state index is 0.126. The van der Waals surface area contributed by atoms with E-state index in [9.17, 15) is 9.59 Å². The van der Waals surface area contributed by atoms with Crippen molar-refractivity contribution in [1.29, 1.82) is 0 Å². The molecule has 1 heterocycles. The molecule has 1 aromatic carbocycles. The van der Waals surface area contributed by atoms with E-state index >= 15 is 0 Å². The van der Waals surface area contributed by atoms with E-state index in [2.05, 4.69) is 10.6 Å². The summed E-state index contributed by atoms with van der Waals surface area (Å²) in [4.78, 5) is 23.7. The number of benzene rings is 1. The van der Waals surface area contributed by atoms with Gasteiger partial charge in [-0.25, -0.2) is 0 Å². The molecule has 114 valence electrons. The molecule has 0 saturated carbocycles. The summed E-state index contributed by atoms with van der Waals surface area (Å²) in [5.41, 5.74) is 1.62. The second kappa shape index (κ2) is 7.77. The quantitative estimate of drug-likeness (QED) is 0.819. The smallest absolute Gasteiger partial charge is 0.244 e. The Bertz CT molecular complexity index is 710. The molecule has 22 heavy (non-hydrogen) atoms. The zero-order valence-electron chi connectivity index (χ0n) is 11.9. The van der Waals surface area contributed by atoms with E-state index < -0.39 is 0 Å². The summed E-state index contributed by atoms with van der Waals surface area (Å²) < 4.78 is 0.690. The maximum Gasteiger partial charge on any atom is 0.244 e. The lowest BCUT2D eigenvalue weighted by Gasteiger charge is -2.06. The fourth-order valence-corrected chi connectivity index (χ4v) is 2.75. The third-order valence-corrected chi connectivity index (χ3v) is 3.90. The predicted molar refractivity (Wildman–Crippen MR) is 91.0 cm³/mol. The van der Waals surface area contributed by atoms with Crippen LogP contribution in [0, 0.1) is 0 Å². The van der Waals surface area contributed by atoms with E-state index in [0.29, 0.717) is 16.6 Å². The van der Waals surface area contributed by atoms with Crippen molar-refractivity contribution in [2.24, 2.45) is 0 Å². The van der Waals surface area contributed by atoms with Crippen LogP contribution < -0.4 is 10.6 Å². The minimum atomic E-state index is -0.186. The average Bonchev–Trinajstić information content (AvgIpc) is 2.88. The van der Waals surface area contributed by atoms with Gasteiger partial charge in [0.15, 0.2) is 0 Å². The van der Waals surface area contributed by atoms with Gasteiger partial charge >= 0.3 is 0 Å². The number of amides is 2. The van der Waals surface area contributed by atoms with Gasteiger partial charge in [0, 0.05) is 30.1 Å². The highest BCUT2D eigenvalue weighted by Gasteiger charge is 2.00. The SMILES string of the molecule is CC(=O)Nc1cccc(CNC(=O)/C=C\c2ccc(Cl)s2)c1. The third-order valence-electron chi connectivity index (χ3n) is 2.71. The Morgan fingerprint density at radius 2 is 2.09 bits per heavy atom. The van der Waals surface area contributed by atoms with Crippen LogP contribution in [0.2, 0.25) is 4.34 Å². The molecule has 2 N–H and O–H groups in total. The van der Waals surface area contributed by atoms with Crippen molar-refractivity contribution >= 4 is 46.5 Å². The van der Waals surface area contributed by atoms with E-state index in [1.807, 2.05) is 24.3 Å². The molecule has 0 atom stereocenters. The van der Waals surface area contributed by atoms with Gasteiger partial charge in [0.1, 0.15) is 0 Å². The zero-order valence-corrected chi connectivity index (χ0v) is 13.5. The number of thiophene rings is 1. The highest BCUT2D eigenvalue weighted by Crippen LogP contribution is 2.22. The van der Waals surface area contributed by atoms with E-state index in [1.54, 1.807) is 18.2 Å². The predicted octanol–water partition coefficient (Wildman–Crippen LogP) is 3.69. The summed E-state index contributed by atoms with van der Waals surface area (Å²) in [6, 6.07) is 11.0. The summed E-state index contributed by atoms with van der Waals surface area (Å²) in [6.45, 7) is 1.85. The molecule has 2 aromatic rings. The molecular formula is C16H15ClN2O2S. The number of nitrogens with one attached hydrogen (secondary N) is 2. The van der Waals surface area contributed by atoms with Crippen molar-refractivity contribution in [2.75, 3.05) is 5.32 Å². The van der Waals surface area contributed by atoms with Gasteiger partial charge in [-0.2, -0.15) is 0 Å². The van der Waals surface area contributed by atoms with Crippen molar-refractivity contribution in [2.45, 2.75) is 13.5 Å². The fraction of sp³-hybridized carbons (Fsp3) is 0.125. The highest BCUT2D eigenvalue weighted by atomic mass is 35.5. The normalized spacial score (nSPS) is 10.6. The molecule has 2 amide bonds. The first-order valence-corrected chi connectivity index (χ1v) is 7.80. The first-order chi connectivity index (χ1) is 10.5. The average molecular weight is 335 g/mol. The van der Waals surface area contributed by atoms with Gasteiger partial charge in [0.05, 0.1) is 4.34 Å². The number of carbonyl (C=O) groups is 2. The van der Waals surface area contributed by atoms with Crippen molar-refractivity contribution in [1.82, 2.24) is 5.32 Å². The lowest BCUT2D eigenvalue weighted by atomic mass is 10.2. The fourth-order valence-electron chi connectivity index (χ4n) is 1.79. The van der Waals surface area contributed by atoms with Crippen LogP contribution in [-0.2, 0) is 16.1 Å². The second-order valence-corrected chi connectivity index (χ2v) is 6.32. The lowest BCUT2D eigenvalue weighted by molar-refractivity contribution is -0.116. The van der Waals surface area contributed by atoms with E-state index in [4.69, 9.17) is 11.6 Å². The van der Waals surface area contributed by atoms with Crippen LogP contribution in [0.3, 0.4) is 0 Å². The minimum Gasteiger partial charge on any atom is -0.348 e. The van der Waals surface area contributed by atoms with Gasteiger partial charge < -0.3 is 10.6 Å². The van der Waals surface area contributed by atoms with Gasteiger partial charge in [-0.1, -0.05) is 23.7 Å². The van der Waals surface area contributed by atoms with Gasteiger partial charge in [-0.05, 0) is 35.9 Å². The third kappa shape index (κ3) is 5.35. The Morgan fingerprint density at radius 3 is 2.77 bits per heavy atom. The molecule has 0 unspecified atom stereocenters. The monoisotopic (exact) mass is 334 g/mol. The van der Waals surface area contributed by atoms with Crippen molar-refractivity contribution in [3.8, 4) is 0 Å². The number of rotatable bonds is 5. The number of hydrogen-bond donors (Lipinski definition) is 2. The van der Waals surface area contributed by atoms with Gasteiger partial charge in [-0.15, -0.1) is 11.3 Å². The maximum atomic E-state index is 11.8. The maximum absolute atomic E-state index is 11.8. The molecule has 0 aliphatic carbocycles. The number of anilines is 1. The molecule has 0 aliphatic rings. The molecule has 0 saturated heterocycles. The van der Waals surface area contributed by atoms with Crippen LogP contribution >= 0.6 is 22.9 Å². The molecular weight excluding hydrogens is 320 g/mol.